The highest BCUT2D eigenvalue weighted by atomic mass is 16.5. The van der Waals surface area contributed by atoms with E-state index in [0.29, 0.717) is 13.2 Å². The Morgan fingerprint density at radius 3 is 2.05 bits per heavy atom. The summed E-state index contributed by atoms with van der Waals surface area (Å²) in [6.07, 6.45) is 3.84. The van der Waals surface area contributed by atoms with Crippen LogP contribution in [0.25, 0.3) is 11.1 Å². The number of hydrogen-bond donors (Lipinski definition) is 2. The highest BCUT2D eigenvalue weighted by Crippen LogP contribution is 2.35. The van der Waals surface area contributed by atoms with Crippen LogP contribution >= 0.6 is 0 Å². The van der Waals surface area contributed by atoms with Crippen molar-refractivity contribution in [3.8, 4) is 22.6 Å². The maximum Gasteiger partial charge on any atom is 0.122 e. The van der Waals surface area contributed by atoms with Gasteiger partial charge >= 0.3 is 0 Å². The monoisotopic (exact) mass is 525 g/mol. The second-order valence-corrected chi connectivity index (χ2v) is 10.6. The van der Waals surface area contributed by atoms with Crippen LogP contribution in [0.5, 0.6) is 11.5 Å². The molecule has 210 valence electrons. The van der Waals surface area contributed by atoms with Crippen molar-refractivity contribution in [2.45, 2.75) is 45.6 Å². The minimum atomic E-state index is -0.162. The molecule has 0 aliphatic carbocycles. The predicted molar refractivity (Wildman–Crippen MR) is 153 cm³/mol. The van der Waals surface area contributed by atoms with E-state index in [0.717, 1.165) is 102 Å². The molecule has 38 heavy (non-hydrogen) atoms. The molecule has 7 heteroatoms. The van der Waals surface area contributed by atoms with E-state index in [1.54, 1.807) is 0 Å². The van der Waals surface area contributed by atoms with Gasteiger partial charge in [0.05, 0.1) is 32.5 Å². The highest BCUT2D eigenvalue weighted by Gasteiger charge is 2.19. The van der Waals surface area contributed by atoms with E-state index in [1.807, 2.05) is 0 Å². The Bertz CT molecular complexity index is 980. The first kappa shape index (κ1) is 28.8. The van der Waals surface area contributed by atoms with Gasteiger partial charge in [-0.05, 0) is 93.6 Å². The van der Waals surface area contributed by atoms with E-state index in [4.69, 9.17) is 14.2 Å². The zero-order valence-corrected chi connectivity index (χ0v) is 23.4. The fourth-order valence-electron chi connectivity index (χ4n) is 5.37. The number of hydrogen-bond acceptors (Lipinski definition) is 7. The molecule has 0 spiro atoms. The van der Waals surface area contributed by atoms with E-state index in [9.17, 15) is 5.11 Å². The zero-order chi connectivity index (χ0) is 26.6. The van der Waals surface area contributed by atoms with Crippen molar-refractivity contribution < 1.29 is 19.3 Å². The van der Waals surface area contributed by atoms with E-state index in [1.165, 1.54) is 23.1 Å². The van der Waals surface area contributed by atoms with Crippen molar-refractivity contribution in [3.63, 3.8) is 0 Å². The fourth-order valence-corrected chi connectivity index (χ4v) is 5.37. The number of β-amino-alcohol motifs (C(OH)–C–C–N with tert-alkyl or cyclic N) is 1. The van der Waals surface area contributed by atoms with Crippen LogP contribution in [-0.2, 0) is 4.74 Å². The molecule has 4 rings (SSSR count). The van der Waals surface area contributed by atoms with E-state index in [2.05, 4.69) is 65.4 Å². The number of morpholine rings is 1. The molecule has 0 radical (unpaired) electrons. The number of rotatable bonds is 15. The van der Waals surface area contributed by atoms with Gasteiger partial charge in [0.2, 0.25) is 0 Å². The van der Waals surface area contributed by atoms with Gasteiger partial charge in [0.1, 0.15) is 11.5 Å². The number of ether oxygens (including phenoxy) is 3. The van der Waals surface area contributed by atoms with Gasteiger partial charge in [0, 0.05) is 32.7 Å². The quantitative estimate of drug-likeness (QED) is 0.342. The van der Waals surface area contributed by atoms with E-state index in [-0.39, 0.29) is 6.10 Å². The summed E-state index contributed by atoms with van der Waals surface area (Å²) in [6.45, 7) is 15.4. The van der Waals surface area contributed by atoms with Crippen molar-refractivity contribution in [2.75, 3.05) is 78.8 Å². The van der Waals surface area contributed by atoms with Crippen LogP contribution in [0.1, 0.15) is 36.8 Å². The van der Waals surface area contributed by atoms with Crippen LogP contribution in [0.15, 0.2) is 36.4 Å². The molecule has 0 bridgehead atoms. The molecule has 0 amide bonds. The second-order valence-electron chi connectivity index (χ2n) is 10.6. The molecular weight excluding hydrogens is 478 g/mol. The van der Waals surface area contributed by atoms with Crippen LogP contribution in [0.2, 0.25) is 0 Å². The summed E-state index contributed by atoms with van der Waals surface area (Å²) in [5.74, 6) is 1.89. The number of benzene rings is 2. The molecule has 2 N–H and O–H groups in total. The predicted octanol–water partition coefficient (Wildman–Crippen LogP) is 3.89. The molecule has 1 atom stereocenters. The topological polar surface area (TPSA) is 66.4 Å². The third kappa shape index (κ3) is 8.68. The van der Waals surface area contributed by atoms with E-state index >= 15 is 0 Å². The van der Waals surface area contributed by atoms with Gasteiger partial charge in [-0.2, -0.15) is 0 Å². The molecule has 2 fully saturated rings. The standard InChI is InChI=1S/C31H47N3O4/c1-25-28(29-9-4-11-31(26(29)2)38-21-7-16-34-17-12-27(35)24-34)8-3-10-30(25)37-20-6-14-32-13-5-15-33-18-22-36-23-19-33/h3-4,8-11,27,32,35H,5-7,12-24H2,1-2H3. The summed E-state index contributed by atoms with van der Waals surface area (Å²) in [5, 5.41) is 13.3. The van der Waals surface area contributed by atoms with Crippen molar-refractivity contribution in [1.82, 2.24) is 15.1 Å². The number of likely N-dealkylation sites (tertiary alicyclic amines) is 1. The van der Waals surface area contributed by atoms with E-state index < -0.39 is 0 Å². The molecular formula is C31H47N3O4. The molecule has 2 aliphatic heterocycles. The Balaban J connectivity index is 1.20. The SMILES string of the molecule is Cc1c(OCCCNCCCN2CCOCC2)cccc1-c1cccc(OCCCN2CCC(O)C2)c1C. The Hall–Kier alpha value is -2.16. The lowest BCUT2D eigenvalue weighted by atomic mass is 9.95. The third-order valence-electron chi connectivity index (χ3n) is 7.67. The van der Waals surface area contributed by atoms with Gasteiger partial charge < -0.3 is 29.5 Å². The minimum absolute atomic E-state index is 0.162. The molecule has 0 saturated carbocycles. The summed E-state index contributed by atoms with van der Waals surface area (Å²) < 4.78 is 17.8. The molecule has 0 aromatic heterocycles. The van der Waals surface area contributed by atoms with Gasteiger partial charge in [-0.15, -0.1) is 0 Å². The highest BCUT2D eigenvalue weighted by molar-refractivity contribution is 5.74. The first-order chi connectivity index (χ1) is 18.6. The molecule has 1 unspecified atom stereocenters. The van der Waals surface area contributed by atoms with Gasteiger partial charge in [-0.3, -0.25) is 4.90 Å². The summed E-state index contributed by atoms with van der Waals surface area (Å²) in [4.78, 5) is 4.80. The Morgan fingerprint density at radius 2 is 1.42 bits per heavy atom. The van der Waals surface area contributed by atoms with Crippen molar-refractivity contribution in [1.29, 1.82) is 0 Å². The summed E-state index contributed by atoms with van der Waals surface area (Å²) in [6, 6.07) is 12.6. The molecule has 2 aliphatic rings. The lowest BCUT2D eigenvalue weighted by Crippen LogP contribution is -2.37. The Morgan fingerprint density at radius 1 is 0.816 bits per heavy atom. The first-order valence-electron chi connectivity index (χ1n) is 14.5. The molecule has 2 heterocycles. The van der Waals surface area contributed by atoms with Crippen molar-refractivity contribution in [3.05, 3.63) is 47.5 Å². The first-order valence-corrected chi connectivity index (χ1v) is 14.5. The van der Waals surface area contributed by atoms with Gasteiger partial charge in [0.15, 0.2) is 0 Å². The van der Waals surface area contributed by atoms with Crippen LogP contribution in [0.4, 0.5) is 0 Å². The maximum atomic E-state index is 9.70. The number of aliphatic hydroxyl groups excluding tert-OH is 1. The molecule has 2 aromatic carbocycles. The lowest BCUT2D eigenvalue weighted by Gasteiger charge is -2.26. The van der Waals surface area contributed by atoms with Crippen LogP contribution in [0.3, 0.4) is 0 Å². The summed E-state index contributed by atoms with van der Waals surface area (Å²) in [7, 11) is 0. The Labute approximate surface area is 229 Å². The Kier molecular flexibility index (Phi) is 11.7. The fraction of sp³-hybridized carbons (Fsp3) is 0.613. The normalized spacial score (nSPS) is 18.7. The number of aliphatic hydroxyl groups is 1. The number of nitrogens with one attached hydrogen (secondary N) is 1. The van der Waals surface area contributed by atoms with Gasteiger partial charge in [-0.25, -0.2) is 0 Å². The van der Waals surface area contributed by atoms with Gasteiger partial charge in [0.25, 0.3) is 0 Å². The van der Waals surface area contributed by atoms with Crippen molar-refractivity contribution in [2.24, 2.45) is 0 Å². The lowest BCUT2D eigenvalue weighted by molar-refractivity contribution is 0.0374. The average Bonchev–Trinajstić information content (AvgIpc) is 3.35. The third-order valence-corrected chi connectivity index (χ3v) is 7.67. The van der Waals surface area contributed by atoms with Crippen LogP contribution in [0, 0.1) is 13.8 Å². The average molecular weight is 526 g/mol. The minimum Gasteiger partial charge on any atom is -0.493 e. The van der Waals surface area contributed by atoms with Crippen molar-refractivity contribution >= 4 is 0 Å². The summed E-state index contributed by atoms with van der Waals surface area (Å²) in [5.41, 5.74) is 4.71. The maximum absolute atomic E-state index is 9.70. The van der Waals surface area contributed by atoms with Crippen LogP contribution in [-0.4, -0.2) is 99.8 Å². The number of nitrogens with zero attached hydrogens (tertiary/aromatic N) is 2. The second kappa shape index (κ2) is 15.4. The van der Waals surface area contributed by atoms with Gasteiger partial charge in [-0.1, -0.05) is 24.3 Å². The smallest absolute Gasteiger partial charge is 0.122 e. The zero-order valence-electron chi connectivity index (χ0n) is 23.4. The molecule has 7 nitrogen and oxygen atoms in total. The molecule has 2 saturated heterocycles. The van der Waals surface area contributed by atoms with Crippen LogP contribution < -0.4 is 14.8 Å². The largest absolute Gasteiger partial charge is 0.493 e. The molecule has 2 aromatic rings. The summed E-state index contributed by atoms with van der Waals surface area (Å²) >= 11 is 0.